The highest BCUT2D eigenvalue weighted by Crippen LogP contribution is 2.33. The van der Waals surface area contributed by atoms with Crippen molar-refractivity contribution < 1.29 is 17.9 Å². The molecule has 1 aromatic rings. The molecule has 5 heteroatoms. The minimum Gasteiger partial charge on any atom is -0.383 e. The van der Waals surface area contributed by atoms with E-state index >= 15 is 0 Å². The number of ether oxygens (including phenoxy) is 1. The molecular weight excluding hydrogens is 255 g/mol. The SMILES string of the molecule is CCCCOCCNc1ccc(C)c(C(F)(F)F)c1. The summed E-state index contributed by atoms with van der Waals surface area (Å²) in [5.74, 6) is 0. The van der Waals surface area contributed by atoms with Crippen molar-refractivity contribution in [1.82, 2.24) is 0 Å². The Bertz CT molecular complexity index is 391. The minimum atomic E-state index is -4.31. The van der Waals surface area contributed by atoms with Crippen LogP contribution in [0.25, 0.3) is 0 Å². The average Bonchev–Trinajstić information content (AvgIpc) is 2.34. The van der Waals surface area contributed by atoms with E-state index in [0.717, 1.165) is 18.9 Å². The van der Waals surface area contributed by atoms with Crippen molar-refractivity contribution in [2.24, 2.45) is 0 Å². The first kappa shape index (κ1) is 15.8. The molecule has 0 aromatic heterocycles. The van der Waals surface area contributed by atoms with Crippen LogP contribution in [0.5, 0.6) is 0 Å². The van der Waals surface area contributed by atoms with E-state index in [0.29, 0.717) is 25.4 Å². The van der Waals surface area contributed by atoms with Crippen molar-refractivity contribution in [1.29, 1.82) is 0 Å². The van der Waals surface area contributed by atoms with Gasteiger partial charge >= 0.3 is 6.18 Å². The second-order valence-corrected chi connectivity index (χ2v) is 4.42. The molecule has 0 aliphatic rings. The number of unbranched alkanes of at least 4 members (excludes halogenated alkanes) is 1. The zero-order chi connectivity index (χ0) is 14.3. The first-order chi connectivity index (χ1) is 8.95. The molecule has 0 amide bonds. The van der Waals surface area contributed by atoms with Crippen molar-refractivity contribution in [3.05, 3.63) is 29.3 Å². The zero-order valence-electron chi connectivity index (χ0n) is 11.3. The molecule has 1 aromatic carbocycles. The summed E-state index contributed by atoms with van der Waals surface area (Å²) in [6.07, 6.45) is -2.23. The first-order valence-corrected chi connectivity index (χ1v) is 6.44. The molecule has 0 heterocycles. The van der Waals surface area contributed by atoms with Crippen molar-refractivity contribution in [2.45, 2.75) is 32.9 Å². The fraction of sp³-hybridized carbons (Fsp3) is 0.571. The lowest BCUT2D eigenvalue weighted by Crippen LogP contribution is -2.12. The van der Waals surface area contributed by atoms with E-state index in [1.807, 2.05) is 0 Å². The molecule has 0 saturated heterocycles. The van der Waals surface area contributed by atoms with Gasteiger partial charge in [-0.1, -0.05) is 19.4 Å². The number of hydrogen-bond donors (Lipinski definition) is 1. The first-order valence-electron chi connectivity index (χ1n) is 6.44. The van der Waals surface area contributed by atoms with Gasteiger partial charge in [0, 0.05) is 18.8 Å². The van der Waals surface area contributed by atoms with Crippen LogP contribution in [0.3, 0.4) is 0 Å². The van der Waals surface area contributed by atoms with Crippen LogP contribution >= 0.6 is 0 Å². The van der Waals surface area contributed by atoms with E-state index in [1.165, 1.54) is 13.0 Å². The molecule has 1 rings (SSSR count). The maximum Gasteiger partial charge on any atom is 0.416 e. The van der Waals surface area contributed by atoms with Crippen LogP contribution in [0.1, 0.15) is 30.9 Å². The van der Waals surface area contributed by atoms with Gasteiger partial charge in [-0.05, 0) is 31.0 Å². The smallest absolute Gasteiger partial charge is 0.383 e. The van der Waals surface area contributed by atoms with Crippen molar-refractivity contribution >= 4 is 5.69 Å². The summed E-state index contributed by atoms with van der Waals surface area (Å²) in [6.45, 7) is 5.23. The van der Waals surface area contributed by atoms with Gasteiger partial charge in [0.15, 0.2) is 0 Å². The molecule has 0 spiro atoms. The molecule has 19 heavy (non-hydrogen) atoms. The molecule has 0 bridgehead atoms. The highest BCUT2D eigenvalue weighted by Gasteiger charge is 2.32. The largest absolute Gasteiger partial charge is 0.416 e. The molecule has 0 unspecified atom stereocenters. The number of benzene rings is 1. The molecule has 0 fully saturated rings. The van der Waals surface area contributed by atoms with Gasteiger partial charge < -0.3 is 10.1 Å². The summed E-state index contributed by atoms with van der Waals surface area (Å²) >= 11 is 0. The molecule has 1 N–H and O–H groups in total. The summed E-state index contributed by atoms with van der Waals surface area (Å²) < 4.78 is 43.4. The van der Waals surface area contributed by atoms with Crippen molar-refractivity contribution in [3.8, 4) is 0 Å². The standard InChI is InChI=1S/C14H20F3NO/c1-3-4-8-19-9-7-18-12-6-5-11(2)13(10-12)14(15,16)17/h5-6,10,18H,3-4,7-9H2,1-2H3. The number of rotatable bonds is 7. The van der Waals surface area contributed by atoms with Gasteiger partial charge in [0.05, 0.1) is 12.2 Å². The Morgan fingerprint density at radius 1 is 1.21 bits per heavy atom. The Kier molecular flexibility index (Phi) is 6.15. The van der Waals surface area contributed by atoms with Crippen LogP contribution in [0, 0.1) is 6.92 Å². The molecule has 0 atom stereocenters. The topological polar surface area (TPSA) is 21.3 Å². The lowest BCUT2D eigenvalue weighted by atomic mass is 10.1. The Labute approximate surface area is 112 Å². The summed E-state index contributed by atoms with van der Waals surface area (Å²) in [7, 11) is 0. The second kappa shape index (κ2) is 7.38. The van der Waals surface area contributed by atoms with Crippen LogP contribution in [0.2, 0.25) is 0 Å². The predicted octanol–water partition coefficient (Wildman–Crippen LogP) is 4.24. The fourth-order valence-electron chi connectivity index (χ4n) is 1.65. The number of hydrogen-bond acceptors (Lipinski definition) is 2. The molecule has 108 valence electrons. The zero-order valence-corrected chi connectivity index (χ0v) is 11.3. The predicted molar refractivity (Wildman–Crippen MR) is 70.4 cm³/mol. The van der Waals surface area contributed by atoms with Gasteiger partial charge in [-0.15, -0.1) is 0 Å². The quantitative estimate of drug-likeness (QED) is 0.751. The minimum absolute atomic E-state index is 0.234. The Morgan fingerprint density at radius 2 is 1.95 bits per heavy atom. The number of aryl methyl sites for hydroxylation is 1. The van der Waals surface area contributed by atoms with Crippen LogP contribution in [-0.4, -0.2) is 19.8 Å². The third-order valence-electron chi connectivity index (χ3n) is 2.76. The van der Waals surface area contributed by atoms with Crippen LogP contribution in [0.15, 0.2) is 18.2 Å². The highest BCUT2D eigenvalue weighted by molar-refractivity contribution is 5.49. The number of halogens is 3. The Hall–Kier alpha value is -1.23. The third kappa shape index (κ3) is 5.51. The molecule has 2 nitrogen and oxygen atoms in total. The number of alkyl halides is 3. The van der Waals surface area contributed by atoms with Crippen molar-refractivity contribution in [3.63, 3.8) is 0 Å². The fourth-order valence-corrected chi connectivity index (χ4v) is 1.65. The van der Waals surface area contributed by atoms with Crippen LogP contribution in [0.4, 0.5) is 18.9 Å². The van der Waals surface area contributed by atoms with E-state index in [2.05, 4.69) is 12.2 Å². The van der Waals surface area contributed by atoms with Gasteiger partial charge in [-0.25, -0.2) is 0 Å². The van der Waals surface area contributed by atoms with E-state index < -0.39 is 11.7 Å². The summed E-state index contributed by atoms with van der Waals surface area (Å²) in [5.41, 5.74) is 0.110. The van der Waals surface area contributed by atoms with Gasteiger partial charge in [-0.2, -0.15) is 13.2 Å². The number of anilines is 1. The van der Waals surface area contributed by atoms with Crippen LogP contribution < -0.4 is 5.32 Å². The molecule has 0 saturated carbocycles. The maximum atomic E-state index is 12.7. The maximum absolute atomic E-state index is 12.7. The normalized spacial score (nSPS) is 11.6. The van der Waals surface area contributed by atoms with E-state index in [9.17, 15) is 13.2 Å². The van der Waals surface area contributed by atoms with Gasteiger partial charge in [0.1, 0.15) is 0 Å². The van der Waals surface area contributed by atoms with Crippen molar-refractivity contribution in [2.75, 3.05) is 25.1 Å². The Balaban J connectivity index is 2.47. The van der Waals surface area contributed by atoms with E-state index in [1.54, 1.807) is 6.07 Å². The molecule has 0 aliphatic carbocycles. The summed E-state index contributed by atoms with van der Waals surface area (Å²) in [4.78, 5) is 0. The summed E-state index contributed by atoms with van der Waals surface area (Å²) in [6, 6.07) is 4.26. The van der Waals surface area contributed by atoms with Gasteiger partial charge in [-0.3, -0.25) is 0 Å². The average molecular weight is 275 g/mol. The second-order valence-electron chi connectivity index (χ2n) is 4.42. The molecule has 0 aliphatic heterocycles. The third-order valence-corrected chi connectivity index (χ3v) is 2.76. The lowest BCUT2D eigenvalue weighted by Gasteiger charge is -2.13. The Morgan fingerprint density at radius 3 is 2.58 bits per heavy atom. The summed E-state index contributed by atoms with van der Waals surface area (Å²) in [5, 5.41) is 2.94. The van der Waals surface area contributed by atoms with E-state index in [-0.39, 0.29) is 5.56 Å². The van der Waals surface area contributed by atoms with Gasteiger partial charge in [0.25, 0.3) is 0 Å². The lowest BCUT2D eigenvalue weighted by molar-refractivity contribution is -0.138. The van der Waals surface area contributed by atoms with Gasteiger partial charge in [0.2, 0.25) is 0 Å². The highest BCUT2D eigenvalue weighted by atomic mass is 19.4. The molecular formula is C14H20F3NO. The van der Waals surface area contributed by atoms with E-state index in [4.69, 9.17) is 4.74 Å². The monoisotopic (exact) mass is 275 g/mol. The van der Waals surface area contributed by atoms with Crippen LogP contribution in [-0.2, 0) is 10.9 Å². The molecule has 0 radical (unpaired) electrons. The number of nitrogens with one attached hydrogen (secondary N) is 1.